The van der Waals surface area contributed by atoms with E-state index in [9.17, 15) is 0 Å². The van der Waals surface area contributed by atoms with Crippen molar-refractivity contribution in [2.75, 3.05) is 6.61 Å². The van der Waals surface area contributed by atoms with Gasteiger partial charge >= 0.3 is 0 Å². The predicted molar refractivity (Wildman–Crippen MR) is 64.6 cm³/mol. The van der Waals surface area contributed by atoms with Crippen LogP contribution in [-0.4, -0.2) is 12.6 Å². The molecule has 0 spiro atoms. The third-order valence-corrected chi connectivity index (χ3v) is 2.48. The highest BCUT2D eigenvalue weighted by Gasteiger charge is 2.03. The number of aryl methyl sites for hydroxylation is 1. The molecule has 0 aliphatic rings. The van der Waals surface area contributed by atoms with Crippen LogP contribution in [0.15, 0.2) is 18.2 Å². The third-order valence-electron chi connectivity index (χ3n) is 2.18. The molecule has 2 nitrogen and oxygen atoms in total. The Morgan fingerprint density at radius 1 is 1.47 bits per heavy atom. The first-order valence-corrected chi connectivity index (χ1v) is 5.68. The van der Waals surface area contributed by atoms with E-state index < -0.39 is 0 Å². The molecule has 15 heavy (non-hydrogen) atoms. The van der Waals surface area contributed by atoms with E-state index in [2.05, 4.69) is 0 Å². The number of hydrogen-bond acceptors (Lipinski definition) is 2. The summed E-state index contributed by atoms with van der Waals surface area (Å²) in [4.78, 5) is 0. The Kier molecular flexibility index (Phi) is 4.92. The maximum Gasteiger partial charge on any atom is 0.137 e. The van der Waals surface area contributed by atoms with Crippen LogP contribution in [-0.2, 0) is 6.42 Å². The summed E-state index contributed by atoms with van der Waals surface area (Å²) in [7, 11) is 0. The number of rotatable bonds is 5. The fourth-order valence-electron chi connectivity index (χ4n) is 1.37. The summed E-state index contributed by atoms with van der Waals surface area (Å²) < 4.78 is 5.36. The van der Waals surface area contributed by atoms with Gasteiger partial charge in [-0.05, 0) is 44.4 Å². The van der Waals surface area contributed by atoms with Crippen molar-refractivity contribution in [2.45, 2.75) is 32.7 Å². The van der Waals surface area contributed by atoms with E-state index in [0.717, 1.165) is 18.6 Å². The second-order valence-electron chi connectivity index (χ2n) is 3.71. The highest BCUT2D eigenvalue weighted by Crippen LogP contribution is 2.25. The summed E-state index contributed by atoms with van der Waals surface area (Å²) in [5.74, 6) is 0.753. The van der Waals surface area contributed by atoms with Crippen LogP contribution in [0.5, 0.6) is 5.75 Å². The SMILES string of the molecule is CCOc1ccc(CCC(C)N)cc1Cl. The number of ether oxygens (including phenoxy) is 1. The average Bonchev–Trinajstić information content (AvgIpc) is 2.19. The van der Waals surface area contributed by atoms with Crippen LogP contribution in [0.25, 0.3) is 0 Å². The van der Waals surface area contributed by atoms with Gasteiger partial charge in [0.1, 0.15) is 5.75 Å². The van der Waals surface area contributed by atoms with Gasteiger partial charge in [0.15, 0.2) is 0 Å². The Morgan fingerprint density at radius 2 is 2.20 bits per heavy atom. The highest BCUT2D eigenvalue weighted by molar-refractivity contribution is 6.32. The zero-order valence-corrected chi connectivity index (χ0v) is 10.1. The van der Waals surface area contributed by atoms with Crippen LogP contribution in [0, 0.1) is 0 Å². The van der Waals surface area contributed by atoms with Crippen molar-refractivity contribution in [1.82, 2.24) is 0 Å². The van der Waals surface area contributed by atoms with Crippen molar-refractivity contribution in [3.05, 3.63) is 28.8 Å². The second kappa shape index (κ2) is 5.99. The van der Waals surface area contributed by atoms with Gasteiger partial charge in [-0.15, -0.1) is 0 Å². The molecule has 0 aliphatic carbocycles. The molecule has 0 fully saturated rings. The van der Waals surface area contributed by atoms with Gasteiger partial charge < -0.3 is 10.5 Å². The molecule has 0 saturated heterocycles. The van der Waals surface area contributed by atoms with E-state index in [0.29, 0.717) is 11.6 Å². The molecule has 1 aromatic carbocycles. The summed E-state index contributed by atoms with van der Waals surface area (Å²) in [5.41, 5.74) is 6.91. The van der Waals surface area contributed by atoms with Gasteiger partial charge in [0.25, 0.3) is 0 Å². The fraction of sp³-hybridized carbons (Fsp3) is 0.500. The van der Waals surface area contributed by atoms with Crippen LogP contribution in [0.2, 0.25) is 5.02 Å². The highest BCUT2D eigenvalue weighted by atomic mass is 35.5. The fourth-order valence-corrected chi connectivity index (χ4v) is 1.62. The summed E-state index contributed by atoms with van der Waals surface area (Å²) in [5, 5.41) is 0.680. The van der Waals surface area contributed by atoms with E-state index in [4.69, 9.17) is 22.1 Å². The van der Waals surface area contributed by atoms with Crippen molar-refractivity contribution in [3.8, 4) is 5.75 Å². The molecular weight excluding hydrogens is 210 g/mol. The Bertz CT molecular complexity index is 312. The van der Waals surface area contributed by atoms with Crippen molar-refractivity contribution < 1.29 is 4.74 Å². The van der Waals surface area contributed by atoms with Gasteiger partial charge in [0, 0.05) is 6.04 Å². The minimum absolute atomic E-state index is 0.232. The molecule has 1 atom stereocenters. The van der Waals surface area contributed by atoms with Crippen molar-refractivity contribution in [3.63, 3.8) is 0 Å². The summed E-state index contributed by atoms with van der Waals surface area (Å²) in [6, 6.07) is 6.15. The normalized spacial score (nSPS) is 12.5. The van der Waals surface area contributed by atoms with E-state index >= 15 is 0 Å². The van der Waals surface area contributed by atoms with Gasteiger partial charge in [0.2, 0.25) is 0 Å². The predicted octanol–water partition coefficient (Wildman–Crippen LogP) is 3.02. The molecule has 0 bridgehead atoms. The smallest absolute Gasteiger partial charge is 0.137 e. The lowest BCUT2D eigenvalue weighted by Gasteiger charge is -2.08. The summed E-state index contributed by atoms with van der Waals surface area (Å²) in [6.07, 6.45) is 1.94. The molecule has 0 aromatic heterocycles. The van der Waals surface area contributed by atoms with Gasteiger partial charge in [-0.1, -0.05) is 17.7 Å². The standard InChI is InChI=1S/C12H18ClNO/c1-3-15-12-7-6-10(8-11(12)13)5-4-9(2)14/h6-9H,3-5,14H2,1-2H3. The first kappa shape index (κ1) is 12.3. The lowest BCUT2D eigenvalue weighted by Crippen LogP contribution is -2.15. The molecule has 1 aromatic rings. The van der Waals surface area contributed by atoms with E-state index in [1.165, 1.54) is 5.56 Å². The van der Waals surface area contributed by atoms with E-state index in [-0.39, 0.29) is 6.04 Å². The van der Waals surface area contributed by atoms with Gasteiger partial charge in [-0.3, -0.25) is 0 Å². The molecule has 84 valence electrons. The monoisotopic (exact) mass is 227 g/mol. The first-order valence-electron chi connectivity index (χ1n) is 5.30. The molecule has 0 aliphatic heterocycles. The number of hydrogen-bond donors (Lipinski definition) is 1. The average molecular weight is 228 g/mol. The zero-order chi connectivity index (χ0) is 11.3. The van der Waals surface area contributed by atoms with Gasteiger partial charge in [-0.25, -0.2) is 0 Å². The third kappa shape index (κ3) is 4.10. The maximum absolute atomic E-state index is 6.07. The molecule has 0 heterocycles. The number of halogens is 1. The first-order chi connectivity index (χ1) is 7.13. The molecule has 0 saturated carbocycles. The van der Waals surface area contributed by atoms with Crippen LogP contribution >= 0.6 is 11.6 Å². The molecule has 1 unspecified atom stereocenters. The minimum Gasteiger partial charge on any atom is -0.492 e. The van der Waals surface area contributed by atoms with Crippen molar-refractivity contribution >= 4 is 11.6 Å². The quantitative estimate of drug-likeness (QED) is 0.839. The number of benzene rings is 1. The Morgan fingerprint density at radius 3 is 2.73 bits per heavy atom. The second-order valence-corrected chi connectivity index (χ2v) is 4.12. The van der Waals surface area contributed by atoms with Gasteiger partial charge in [-0.2, -0.15) is 0 Å². The molecule has 3 heteroatoms. The Hall–Kier alpha value is -0.730. The van der Waals surface area contributed by atoms with E-state index in [1.54, 1.807) is 0 Å². The molecule has 0 radical (unpaired) electrons. The minimum atomic E-state index is 0.232. The van der Waals surface area contributed by atoms with Crippen molar-refractivity contribution in [1.29, 1.82) is 0 Å². The Balaban J connectivity index is 2.64. The molecule has 1 rings (SSSR count). The number of nitrogens with two attached hydrogens (primary N) is 1. The molecule has 0 amide bonds. The van der Waals surface area contributed by atoms with Gasteiger partial charge in [0.05, 0.1) is 11.6 Å². The molecule has 2 N–H and O–H groups in total. The maximum atomic E-state index is 6.07. The van der Waals surface area contributed by atoms with Crippen LogP contribution in [0.3, 0.4) is 0 Å². The van der Waals surface area contributed by atoms with Crippen molar-refractivity contribution in [2.24, 2.45) is 5.73 Å². The molecular formula is C12H18ClNO. The Labute approximate surface area is 96.4 Å². The largest absolute Gasteiger partial charge is 0.492 e. The lowest BCUT2D eigenvalue weighted by atomic mass is 10.1. The lowest BCUT2D eigenvalue weighted by molar-refractivity contribution is 0.340. The summed E-state index contributed by atoms with van der Waals surface area (Å²) >= 11 is 6.07. The zero-order valence-electron chi connectivity index (χ0n) is 9.29. The summed E-state index contributed by atoms with van der Waals surface area (Å²) in [6.45, 7) is 4.59. The van der Waals surface area contributed by atoms with E-state index in [1.807, 2.05) is 32.0 Å². The topological polar surface area (TPSA) is 35.2 Å². The van der Waals surface area contributed by atoms with Crippen LogP contribution in [0.4, 0.5) is 0 Å². The van der Waals surface area contributed by atoms with Crippen LogP contribution in [0.1, 0.15) is 25.8 Å². The van der Waals surface area contributed by atoms with Crippen LogP contribution < -0.4 is 10.5 Å².